The molecule has 18 nitrogen and oxygen atoms in total. The summed E-state index contributed by atoms with van der Waals surface area (Å²) in [5.74, 6) is -3.07. The number of guanidine groups is 1. The molecule has 0 spiro atoms. The lowest BCUT2D eigenvalue weighted by Gasteiger charge is -2.41. The number of hydrogen-bond donors (Lipinski definition) is 2. The van der Waals surface area contributed by atoms with Gasteiger partial charge >= 0.3 is 5.97 Å². The van der Waals surface area contributed by atoms with E-state index in [9.17, 15) is 48.1 Å². The molecular formula is C52H82N7O11P. The van der Waals surface area contributed by atoms with E-state index in [-0.39, 0.29) is 78.4 Å². The first-order chi connectivity index (χ1) is 33.5. The van der Waals surface area contributed by atoms with Gasteiger partial charge in [0.25, 0.3) is 11.8 Å². The number of unbranched alkanes of at least 4 members (excludes halogenated alkanes) is 2. The van der Waals surface area contributed by atoms with Crippen LogP contribution >= 0.6 is 7.37 Å². The molecule has 396 valence electrons. The van der Waals surface area contributed by atoms with Crippen LogP contribution in [-0.2, 0) is 49.3 Å². The first-order valence-corrected chi connectivity index (χ1v) is 27.4. The lowest BCUT2D eigenvalue weighted by atomic mass is 9.83. The highest BCUT2D eigenvalue weighted by atomic mass is 31.2. The Hall–Kier alpha value is -4.93. The molecule has 2 fully saturated rings. The molecule has 9 atom stereocenters. The molecule has 0 bridgehead atoms. The van der Waals surface area contributed by atoms with Crippen LogP contribution in [0.4, 0.5) is 0 Å². The fourth-order valence-electron chi connectivity index (χ4n) is 10.3. The second kappa shape index (κ2) is 27.2. The molecule has 2 N–H and O–H groups in total. The van der Waals surface area contributed by atoms with Crippen molar-refractivity contribution in [2.75, 3.05) is 73.7 Å². The summed E-state index contributed by atoms with van der Waals surface area (Å²) < 4.78 is 19.5. The summed E-state index contributed by atoms with van der Waals surface area (Å²) in [6, 6.07) is 7.42. The van der Waals surface area contributed by atoms with Crippen LogP contribution < -0.4 is 0 Å². The number of likely N-dealkylation sites (tertiary alicyclic amines) is 1. The molecule has 19 heteroatoms. The molecule has 0 aliphatic carbocycles. The van der Waals surface area contributed by atoms with Gasteiger partial charge in [-0.2, -0.15) is 0 Å². The largest absolute Gasteiger partial charge is 0.481 e. The number of methoxy groups -OCH3 is 1. The predicted octanol–water partition coefficient (Wildman–Crippen LogP) is 5.03. The number of carboxylic acid groups (broad SMARTS) is 1. The van der Waals surface area contributed by atoms with Gasteiger partial charge in [0.2, 0.25) is 25.1 Å². The Kier molecular flexibility index (Phi) is 22.5. The van der Waals surface area contributed by atoms with Gasteiger partial charge in [-0.3, -0.25) is 43.0 Å². The fourth-order valence-corrected chi connectivity index (χ4v) is 11.9. The quantitative estimate of drug-likeness (QED) is 0.0410. The molecule has 1 unspecified atom stereocenters. The number of carbonyl (C=O) groups excluding carboxylic acids is 6. The third kappa shape index (κ3) is 16.0. The summed E-state index contributed by atoms with van der Waals surface area (Å²) in [5, 5.41) is 9.44. The number of likely N-dealkylation sites (N-methyl/N-ethyl adjacent to an activating group) is 1. The van der Waals surface area contributed by atoms with Crippen LogP contribution in [0.5, 0.6) is 0 Å². The minimum absolute atomic E-state index is 0.00337. The molecule has 3 aliphatic rings. The van der Waals surface area contributed by atoms with Crippen molar-refractivity contribution >= 4 is 54.6 Å². The van der Waals surface area contributed by atoms with Gasteiger partial charge in [-0.1, -0.05) is 84.7 Å². The van der Waals surface area contributed by atoms with Crippen LogP contribution in [0, 0.1) is 23.7 Å². The Morgan fingerprint density at radius 1 is 0.859 bits per heavy atom. The summed E-state index contributed by atoms with van der Waals surface area (Å²) >= 11 is 0. The third-order valence-electron chi connectivity index (χ3n) is 14.9. The Morgan fingerprint density at radius 3 is 2.04 bits per heavy atom. The molecule has 4 rings (SSSR count). The number of carbonyl (C=O) groups is 7. The number of nitrogens with zero attached hydrogens (tertiary/aromatic N) is 7. The number of hydrogen-bond acceptors (Lipinski definition) is 10. The number of benzene rings is 1. The third-order valence-corrected chi connectivity index (χ3v) is 17.1. The summed E-state index contributed by atoms with van der Waals surface area (Å²) in [7, 11) is 2.82. The number of piperazine rings is 1. The molecule has 0 radical (unpaired) electrons. The van der Waals surface area contributed by atoms with E-state index in [0.717, 1.165) is 18.4 Å². The van der Waals surface area contributed by atoms with Gasteiger partial charge < -0.3 is 39.2 Å². The van der Waals surface area contributed by atoms with Crippen molar-refractivity contribution in [2.24, 2.45) is 28.7 Å². The molecule has 1 aromatic carbocycles. The Bertz CT molecular complexity index is 2090. The number of ether oxygens (including phenoxy) is 1. The molecule has 3 aliphatic heterocycles. The number of amides is 5. The second-order valence-corrected chi connectivity index (χ2v) is 23.0. The van der Waals surface area contributed by atoms with E-state index in [1.807, 2.05) is 69.5 Å². The maximum atomic E-state index is 14.8. The normalized spacial score (nSPS) is 20.3. The first-order valence-electron chi connectivity index (χ1n) is 25.5. The highest BCUT2D eigenvalue weighted by Crippen LogP contribution is 2.49. The van der Waals surface area contributed by atoms with Crippen LogP contribution in [0.15, 0.2) is 47.5 Å². The van der Waals surface area contributed by atoms with E-state index in [0.29, 0.717) is 77.3 Å². The molecule has 0 aromatic heterocycles. The Morgan fingerprint density at radius 2 is 1.48 bits per heavy atom. The maximum Gasteiger partial charge on any atom is 0.313 e. The highest BCUT2D eigenvalue weighted by molar-refractivity contribution is 7.59. The van der Waals surface area contributed by atoms with Crippen molar-refractivity contribution in [1.82, 2.24) is 29.4 Å². The number of ketones is 1. The van der Waals surface area contributed by atoms with Gasteiger partial charge in [-0.15, -0.1) is 0 Å². The maximum absolute atomic E-state index is 14.8. The smallest absolute Gasteiger partial charge is 0.313 e. The van der Waals surface area contributed by atoms with E-state index in [1.54, 1.807) is 50.2 Å². The lowest BCUT2D eigenvalue weighted by molar-refractivity contribution is -0.144. The van der Waals surface area contributed by atoms with E-state index < -0.39 is 49.3 Å². The van der Waals surface area contributed by atoms with Crippen molar-refractivity contribution in [3.63, 3.8) is 0 Å². The Labute approximate surface area is 421 Å². The summed E-state index contributed by atoms with van der Waals surface area (Å²) in [6.45, 7) is 14.6. The van der Waals surface area contributed by atoms with Gasteiger partial charge in [0, 0.05) is 110 Å². The molecule has 71 heavy (non-hydrogen) atoms. The molecule has 2 saturated heterocycles. The van der Waals surface area contributed by atoms with Crippen molar-refractivity contribution in [1.29, 1.82) is 0 Å². The summed E-state index contributed by atoms with van der Waals surface area (Å²) in [6.07, 6.45) is 5.25. The predicted molar refractivity (Wildman–Crippen MR) is 273 cm³/mol. The topological polar surface area (TPSA) is 218 Å². The van der Waals surface area contributed by atoms with E-state index in [1.165, 1.54) is 17.1 Å². The molecule has 5 amide bonds. The molecule has 1 aromatic rings. The van der Waals surface area contributed by atoms with Crippen LogP contribution in [-0.4, -0.2) is 190 Å². The summed E-state index contributed by atoms with van der Waals surface area (Å²) in [5.41, 5.74) is -0.343. The standard InChI is InChI=1S/C52H82N7O11P/c1-11-36(4)50(43(70-10)33-47(64)58-26-18-21-41(58)37(5)38(6)42(60)32-40(71(68,69)34-48(65)66)31-39-19-14-12-15-20-39)55(9)51(67)49(35(2)3)53-52(54(7)8)57-29-27-56(28-30-57)44(61)22-16-13-17-25-59-45(62)23-24-46(59)63/h12,14-15,19-20,23-24,35-38,40-41,43,49-50H,11,13,16-18,21-22,25-34H2,1-10H3,(H,65,66)(H,68,69)/t36-,37+,38+,40+,41-,43+,49-,50-/m0/s1. The number of aliphatic carboxylic acids is 1. The van der Waals surface area contributed by atoms with Gasteiger partial charge in [-0.25, -0.2) is 4.99 Å². The zero-order chi connectivity index (χ0) is 52.7. The van der Waals surface area contributed by atoms with Crippen molar-refractivity contribution < 1.29 is 52.9 Å². The fraction of sp³-hybridized carbons (Fsp3) is 0.692. The number of imide groups is 1. The van der Waals surface area contributed by atoms with Gasteiger partial charge in [-0.05, 0) is 55.4 Å². The summed E-state index contributed by atoms with van der Waals surface area (Å²) in [4.78, 5) is 118. The molecular weight excluding hydrogens is 930 g/mol. The average Bonchev–Trinajstić information content (AvgIpc) is 3.95. The second-order valence-electron chi connectivity index (χ2n) is 20.4. The zero-order valence-corrected chi connectivity index (χ0v) is 44.8. The van der Waals surface area contributed by atoms with Crippen LogP contribution in [0.1, 0.15) is 105 Å². The number of rotatable bonds is 26. The monoisotopic (exact) mass is 1010 g/mol. The zero-order valence-electron chi connectivity index (χ0n) is 43.9. The minimum atomic E-state index is -4.27. The van der Waals surface area contributed by atoms with E-state index in [4.69, 9.17) is 9.73 Å². The average molecular weight is 1010 g/mol. The van der Waals surface area contributed by atoms with Crippen molar-refractivity contribution in [3.8, 4) is 0 Å². The Balaban J connectivity index is 1.41. The van der Waals surface area contributed by atoms with E-state index >= 15 is 0 Å². The van der Waals surface area contributed by atoms with Gasteiger partial charge in [0.05, 0.1) is 18.6 Å². The number of Topliss-reactive ketones (excluding diaryl/α,β-unsaturated/α-hetero) is 1. The highest BCUT2D eigenvalue weighted by Gasteiger charge is 2.43. The first kappa shape index (κ1) is 58.6. The van der Waals surface area contributed by atoms with Gasteiger partial charge in [0.15, 0.2) is 5.96 Å². The number of carboxylic acids is 1. The SMILES string of the molecule is CC[C@H](C)[C@@H]([C@@H](CC(=O)N1CCC[C@H]1[C@H](C)[C@@H](C)C(=O)C[C@@H](Cc1ccccc1)P(=O)(O)CC(=O)O)OC)N(C)C(=O)[C@@H](N=C(N(C)C)N1CCN(C(=O)CCCCCN2C(=O)C=CC2=O)CC1)C(C)C. The minimum Gasteiger partial charge on any atom is -0.481 e. The van der Waals surface area contributed by atoms with Gasteiger partial charge in [0.1, 0.15) is 18.0 Å². The number of aliphatic imine (C=N–C) groups is 1. The van der Waals surface area contributed by atoms with Crippen molar-refractivity contribution in [3.05, 3.63) is 48.0 Å². The van der Waals surface area contributed by atoms with E-state index in [2.05, 4.69) is 4.90 Å². The molecule has 3 heterocycles. The molecule has 0 saturated carbocycles. The van der Waals surface area contributed by atoms with Crippen LogP contribution in [0.3, 0.4) is 0 Å². The van der Waals surface area contributed by atoms with Crippen LogP contribution in [0.25, 0.3) is 0 Å². The lowest BCUT2D eigenvalue weighted by Crippen LogP contribution is -2.56. The van der Waals surface area contributed by atoms with Crippen LogP contribution in [0.2, 0.25) is 0 Å². The van der Waals surface area contributed by atoms with Crippen molar-refractivity contribution in [2.45, 2.75) is 136 Å².